The summed E-state index contributed by atoms with van der Waals surface area (Å²) in [4.78, 5) is 4.60. The first kappa shape index (κ1) is 18.1. The molecule has 0 bridgehead atoms. The zero-order chi connectivity index (χ0) is 18.8. The number of hydrogen-bond acceptors (Lipinski definition) is 5. The van der Waals surface area contributed by atoms with Gasteiger partial charge in [0.2, 0.25) is 11.8 Å². The molecule has 4 rings (SSSR count). The summed E-state index contributed by atoms with van der Waals surface area (Å²) in [5.41, 5.74) is 2.72. The van der Waals surface area contributed by atoms with Crippen molar-refractivity contribution in [2.75, 3.05) is 0 Å². The van der Waals surface area contributed by atoms with Crippen LogP contribution in [0.15, 0.2) is 64.3 Å². The van der Waals surface area contributed by atoms with Gasteiger partial charge in [0.15, 0.2) is 5.16 Å². The topological polar surface area (TPSA) is 56.7 Å². The molecule has 2 aromatic carbocycles. The van der Waals surface area contributed by atoms with Crippen molar-refractivity contribution in [3.05, 3.63) is 76.6 Å². The van der Waals surface area contributed by atoms with Gasteiger partial charge in [-0.25, -0.2) is 4.98 Å². The fourth-order valence-electron chi connectivity index (χ4n) is 2.67. The molecule has 5 nitrogen and oxygen atoms in total. The minimum absolute atomic E-state index is 0.477. The smallest absolute Gasteiger partial charge is 0.226 e. The summed E-state index contributed by atoms with van der Waals surface area (Å²) in [6, 6.07) is 15.6. The monoisotopic (exact) mass is 416 g/mol. The van der Waals surface area contributed by atoms with E-state index in [4.69, 9.17) is 27.6 Å². The Morgan fingerprint density at radius 3 is 2.59 bits per heavy atom. The number of benzene rings is 2. The summed E-state index contributed by atoms with van der Waals surface area (Å²) >= 11 is 14.2. The molecule has 0 atom stereocenters. The highest BCUT2D eigenvalue weighted by Gasteiger charge is 2.18. The van der Waals surface area contributed by atoms with Gasteiger partial charge in [0.05, 0.1) is 33.4 Å². The van der Waals surface area contributed by atoms with Gasteiger partial charge in [0.25, 0.3) is 0 Å². The Kier molecular flexibility index (Phi) is 5.20. The lowest BCUT2D eigenvalue weighted by Gasteiger charge is -2.14. The highest BCUT2D eigenvalue weighted by Crippen LogP contribution is 2.36. The molecule has 0 aliphatic rings. The molecule has 0 radical (unpaired) electrons. The van der Waals surface area contributed by atoms with Crippen LogP contribution in [0.1, 0.15) is 11.8 Å². The summed E-state index contributed by atoms with van der Waals surface area (Å²) in [5, 5.41) is 9.63. The first-order chi connectivity index (χ1) is 13.1. The maximum absolute atomic E-state index is 6.51. The number of aryl methyl sites for hydroxylation is 1. The van der Waals surface area contributed by atoms with Crippen LogP contribution in [0.5, 0.6) is 0 Å². The van der Waals surface area contributed by atoms with Gasteiger partial charge in [0, 0.05) is 12.5 Å². The van der Waals surface area contributed by atoms with Crippen LogP contribution in [0.4, 0.5) is 0 Å². The van der Waals surface area contributed by atoms with Gasteiger partial charge in [-0.3, -0.25) is 4.57 Å². The average molecular weight is 417 g/mol. The first-order valence-electron chi connectivity index (χ1n) is 8.13. The Hall–Kier alpha value is -2.28. The summed E-state index contributed by atoms with van der Waals surface area (Å²) in [5.74, 6) is 1.59. The maximum atomic E-state index is 6.51. The number of rotatable bonds is 5. The van der Waals surface area contributed by atoms with E-state index in [0.29, 0.717) is 27.6 Å². The Morgan fingerprint density at radius 2 is 1.85 bits per heavy atom. The van der Waals surface area contributed by atoms with Gasteiger partial charge < -0.3 is 4.42 Å². The van der Waals surface area contributed by atoms with Crippen LogP contribution < -0.4 is 0 Å². The van der Waals surface area contributed by atoms with E-state index in [0.717, 1.165) is 22.1 Å². The Labute approximate surface area is 170 Å². The van der Waals surface area contributed by atoms with Crippen LogP contribution in [0.25, 0.3) is 16.9 Å². The molecule has 136 valence electrons. The third-order valence-corrected chi connectivity index (χ3v) is 5.61. The van der Waals surface area contributed by atoms with Gasteiger partial charge >= 0.3 is 0 Å². The molecule has 0 N–H and O–H groups in total. The quantitative estimate of drug-likeness (QED) is 0.383. The normalized spacial score (nSPS) is 11.1. The number of aromatic nitrogens is 4. The van der Waals surface area contributed by atoms with Crippen molar-refractivity contribution in [1.29, 1.82) is 0 Å². The largest absolute Gasteiger partial charge is 0.425 e. The van der Waals surface area contributed by atoms with Crippen molar-refractivity contribution >= 4 is 35.0 Å². The van der Waals surface area contributed by atoms with Crippen LogP contribution in [0.2, 0.25) is 10.0 Å². The molecule has 0 saturated heterocycles. The Morgan fingerprint density at radius 1 is 1.04 bits per heavy atom. The lowest BCUT2D eigenvalue weighted by molar-refractivity contribution is 0.485. The second-order valence-electron chi connectivity index (χ2n) is 5.70. The third kappa shape index (κ3) is 3.74. The summed E-state index contributed by atoms with van der Waals surface area (Å²) in [7, 11) is 0. The van der Waals surface area contributed by atoms with Crippen molar-refractivity contribution < 1.29 is 4.42 Å². The van der Waals surface area contributed by atoms with Crippen LogP contribution in [0, 0.1) is 6.92 Å². The highest BCUT2D eigenvalue weighted by molar-refractivity contribution is 7.98. The first-order valence-corrected chi connectivity index (χ1v) is 9.87. The van der Waals surface area contributed by atoms with Crippen molar-refractivity contribution in [3.63, 3.8) is 0 Å². The molecule has 0 spiro atoms. The van der Waals surface area contributed by atoms with Crippen LogP contribution >= 0.6 is 35.0 Å². The van der Waals surface area contributed by atoms with E-state index < -0.39 is 0 Å². The summed E-state index contributed by atoms with van der Waals surface area (Å²) in [6.45, 7) is 1.77. The van der Waals surface area contributed by atoms with Gasteiger partial charge in [-0.2, -0.15) is 0 Å². The molecule has 2 heterocycles. The standard InChI is InChI=1S/C19H14Cl2N4OS/c1-12-23-24-17(26-12)11-27-19-22-10-16(13-6-3-2-4-7-13)25(19)15-9-5-8-14(20)18(15)21/h2-10H,11H2,1H3. The molecule has 0 aliphatic heterocycles. The van der Waals surface area contributed by atoms with E-state index in [1.807, 2.05) is 53.2 Å². The molecule has 4 aromatic rings. The molecule has 0 amide bonds. The van der Waals surface area contributed by atoms with Gasteiger partial charge in [-0.05, 0) is 12.1 Å². The van der Waals surface area contributed by atoms with E-state index >= 15 is 0 Å². The minimum Gasteiger partial charge on any atom is -0.425 e. The number of imidazole rings is 1. The highest BCUT2D eigenvalue weighted by atomic mass is 35.5. The van der Waals surface area contributed by atoms with Crippen molar-refractivity contribution in [2.45, 2.75) is 17.8 Å². The predicted molar refractivity (Wildman–Crippen MR) is 108 cm³/mol. The van der Waals surface area contributed by atoms with Crippen LogP contribution in [0.3, 0.4) is 0 Å². The van der Waals surface area contributed by atoms with E-state index in [9.17, 15) is 0 Å². The van der Waals surface area contributed by atoms with Crippen LogP contribution in [-0.4, -0.2) is 19.7 Å². The van der Waals surface area contributed by atoms with Gasteiger partial charge in [0.1, 0.15) is 0 Å². The minimum atomic E-state index is 0.477. The molecule has 0 fully saturated rings. The zero-order valence-electron chi connectivity index (χ0n) is 14.3. The van der Waals surface area contributed by atoms with Crippen molar-refractivity contribution in [2.24, 2.45) is 0 Å². The molecule has 2 aromatic heterocycles. The lowest BCUT2D eigenvalue weighted by Crippen LogP contribution is -2.00. The Balaban J connectivity index is 1.79. The molecular formula is C19H14Cl2N4OS. The van der Waals surface area contributed by atoms with Crippen molar-refractivity contribution in [1.82, 2.24) is 19.7 Å². The molecule has 27 heavy (non-hydrogen) atoms. The van der Waals surface area contributed by atoms with Crippen molar-refractivity contribution in [3.8, 4) is 16.9 Å². The molecule has 8 heteroatoms. The molecule has 0 saturated carbocycles. The van der Waals surface area contributed by atoms with E-state index in [-0.39, 0.29) is 0 Å². The van der Waals surface area contributed by atoms with Gasteiger partial charge in [-0.15, -0.1) is 10.2 Å². The van der Waals surface area contributed by atoms with E-state index in [1.54, 1.807) is 13.0 Å². The number of halogens is 2. The third-order valence-electron chi connectivity index (χ3n) is 3.86. The average Bonchev–Trinajstić information content (AvgIpc) is 3.29. The van der Waals surface area contributed by atoms with Gasteiger partial charge in [-0.1, -0.05) is 71.4 Å². The SMILES string of the molecule is Cc1nnc(CSc2ncc(-c3ccccc3)n2-c2cccc(Cl)c2Cl)o1. The van der Waals surface area contributed by atoms with E-state index in [2.05, 4.69) is 15.2 Å². The molecular weight excluding hydrogens is 403 g/mol. The fourth-order valence-corrected chi connectivity index (χ4v) is 3.87. The molecule has 0 aliphatic carbocycles. The summed E-state index contributed by atoms with van der Waals surface area (Å²) < 4.78 is 7.46. The lowest BCUT2D eigenvalue weighted by atomic mass is 10.1. The molecule has 0 unspecified atom stereocenters. The van der Waals surface area contributed by atoms with E-state index in [1.165, 1.54) is 11.8 Å². The number of nitrogens with zero attached hydrogens (tertiary/aromatic N) is 4. The fraction of sp³-hybridized carbons (Fsp3) is 0.105. The number of hydrogen-bond donors (Lipinski definition) is 0. The van der Waals surface area contributed by atoms with Crippen LogP contribution in [-0.2, 0) is 5.75 Å². The summed E-state index contributed by atoms with van der Waals surface area (Å²) in [6.07, 6.45) is 1.83. The predicted octanol–water partition coefficient (Wildman–Crippen LogP) is 5.83. The Bertz CT molecular complexity index is 1080. The number of thioether (sulfide) groups is 1. The zero-order valence-corrected chi connectivity index (χ0v) is 16.6. The second kappa shape index (κ2) is 7.76. The second-order valence-corrected chi connectivity index (χ2v) is 7.43. The maximum Gasteiger partial charge on any atom is 0.226 e.